The summed E-state index contributed by atoms with van der Waals surface area (Å²) in [5.41, 5.74) is 2.50. The average Bonchev–Trinajstić information content (AvgIpc) is 2.49. The highest BCUT2D eigenvalue weighted by Crippen LogP contribution is 2.28. The van der Waals surface area contributed by atoms with Crippen molar-refractivity contribution in [3.05, 3.63) is 35.4 Å². The van der Waals surface area contributed by atoms with Gasteiger partial charge in [-0.3, -0.25) is 9.69 Å². The molecule has 0 aliphatic carbocycles. The Morgan fingerprint density at radius 3 is 2.65 bits per heavy atom. The molecule has 2 atom stereocenters. The molecule has 110 valence electrons. The van der Waals surface area contributed by atoms with Gasteiger partial charge in [-0.25, -0.2) is 0 Å². The first-order valence-electron chi connectivity index (χ1n) is 7.32. The SMILES string of the molecule is CCc1ccc(C(CC)N2CCOCC2C(=O)O)cc1. The molecule has 2 unspecified atom stereocenters. The van der Waals surface area contributed by atoms with Crippen molar-refractivity contribution in [1.82, 2.24) is 4.90 Å². The average molecular weight is 277 g/mol. The Morgan fingerprint density at radius 2 is 2.10 bits per heavy atom. The van der Waals surface area contributed by atoms with Crippen LogP contribution >= 0.6 is 0 Å². The van der Waals surface area contributed by atoms with E-state index in [-0.39, 0.29) is 12.6 Å². The summed E-state index contributed by atoms with van der Waals surface area (Å²) in [5, 5.41) is 9.36. The van der Waals surface area contributed by atoms with Gasteiger partial charge in [0, 0.05) is 12.6 Å². The summed E-state index contributed by atoms with van der Waals surface area (Å²) < 4.78 is 5.32. The molecule has 4 nitrogen and oxygen atoms in total. The van der Waals surface area contributed by atoms with E-state index in [9.17, 15) is 9.90 Å². The molecule has 20 heavy (non-hydrogen) atoms. The second-order valence-electron chi connectivity index (χ2n) is 5.19. The zero-order valence-electron chi connectivity index (χ0n) is 12.2. The molecule has 1 N–H and O–H groups in total. The molecule has 0 radical (unpaired) electrons. The van der Waals surface area contributed by atoms with Crippen LogP contribution in [0.4, 0.5) is 0 Å². The van der Waals surface area contributed by atoms with Crippen molar-refractivity contribution < 1.29 is 14.6 Å². The topological polar surface area (TPSA) is 49.8 Å². The molecule has 0 saturated carbocycles. The number of carboxylic acid groups (broad SMARTS) is 1. The molecule has 1 aliphatic heterocycles. The molecular formula is C16H23NO3. The van der Waals surface area contributed by atoms with E-state index in [4.69, 9.17) is 4.74 Å². The normalized spacial score (nSPS) is 21.6. The Kier molecular flexibility index (Phi) is 5.15. The predicted molar refractivity (Wildman–Crippen MR) is 77.8 cm³/mol. The van der Waals surface area contributed by atoms with E-state index in [1.807, 2.05) is 0 Å². The molecule has 1 saturated heterocycles. The minimum atomic E-state index is -0.798. The lowest BCUT2D eigenvalue weighted by atomic mass is 9.98. The van der Waals surface area contributed by atoms with Crippen LogP contribution in [-0.2, 0) is 16.0 Å². The maximum Gasteiger partial charge on any atom is 0.323 e. The van der Waals surface area contributed by atoms with Crippen LogP contribution < -0.4 is 0 Å². The molecule has 1 aromatic rings. The maximum atomic E-state index is 11.4. The predicted octanol–water partition coefficient (Wildman–Crippen LogP) is 2.49. The molecule has 2 rings (SSSR count). The van der Waals surface area contributed by atoms with Gasteiger partial charge in [-0.1, -0.05) is 38.1 Å². The van der Waals surface area contributed by atoms with Crippen LogP contribution in [0.25, 0.3) is 0 Å². The lowest BCUT2D eigenvalue weighted by Gasteiger charge is -2.38. The zero-order chi connectivity index (χ0) is 14.5. The van der Waals surface area contributed by atoms with Crippen LogP contribution in [0.1, 0.15) is 37.4 Å². The smallest absolute Gasteiger partial charge is 0.323 e. The van der Waals surface area contributed by atoms with E-state index in [0.717, 1.165) is 12.8 Å². The summed E-state index contributed by atoms with van der Waals surface area (Å²) >= 11 is 0. The van der Waals surface area contributed by atoms with Crippen molar-refractivity contribution in [2.24, 2.45) is 0 Å². The molecule has 1 aliphatic rings. The van der Waals surface area contributed by atoms with E-state index in [1.54, 1.807) is 0 Å². The van der Waals surface area contributed by atoms with Crippen molar-refractivity contribution in [1.29, 1.82) is 0 Å². The third-order valence-corrected chi connectivity index (χ3v) is 4.01. The summed E-state index contributed by atoms with van der Waals surface area (Å²) in [5.74, 6) is -0.798. The number of ether oxygens (including phenoxy) is 1. The summed E-state index contributed by atoms with van der Waals surface area (Å²) in [6.07, 6.45) is 1.92. The van der Waals surface area contributed by atoms with Gasteiger partial charge < -0.3 is 9.84 Å². The second-order valence-corrected chi connectivity index (χ2v) is 5.19. The second kappa shape index (κ2) is 6.86. The van der Waals surface area contributed by atoms with Crippen molar-refractivity contribution in [2.75, 3.05) is 19.8 Å². The van der Waals surface area contributed by atoms with E-state index >= 15 is 0 Å². The summed E-state index contributed by atoms with van der Waals surface area (Å²) in [6, 6.07) is 8.12. The van der Waals surface area contributed by atoms with Crippen molar-refractivity contribution in [2.45, 2.75) is 38.8 Å². The quantitative estimate of drug-likeness (QED) is 0.898. The van der Waals surface area contributed by atoms with Gasteiger partial charge in [-0.15, -0.1) is 0 Å². The van der Waals surface area contributed by atoms with E-state index < -0.39 is 12.0 Å². The van der Waals surface area contributed by atoms with Crippen molar-refractivity contribution in [3.8, 4) is 0 Å². The van der Waals surface area contributed by atoms with E-state index in [0.29, 0.717) is 13.2 Å². The first-order valence-corrected chi connectivity index (χ1v) is 7.32. The van der Waals surface area contributed by atoms with Crippen LogP contribution in [0.3, 0.4) is 0 Å². The Bertz CT molecular complexity index is 444. The van der Waals surface area contributed by atoms with Crippen LogP contribution in [-0.4, -0.2) is 41.8 Å². The third-order valence-electron chi connectivity index (χ3n) is 4.01. The van der Waals surface area contributed by atoms with Gasteiger partial charge >= 0.3 is 5.97 Å². The lowest BCUT2D eigenvalue weighted by Crippen LogP contribution is -2.51. The molecule has 1 heterocycles. The number of morpholine rings is 1. The summed E-state index contributed by atoms with van der Waals surface area (Å²) in [7, 11) is 0. The van der Waals surface area contributed by atoms with E-state index in [2.05, 4.69) is 43.0 Å². The monoisotopic (exact) mass is 277 g/mol. The zero-order valence-corrected chi connectivity index (χ0v) is 12.2. The Labute approximate surface area is 120 Å². The standard InChI is InChI=1S/C16H23NO3/c1-3-12-5-7-13(8-6-12)14(4-2)17-9-10-20-11-15(17)16(18)19/h5-8,14-15H,3-4,9-11H2,1-2H3,(H,18,19). The van der Waals surface area contributed by atoms with Gasteiger partial charge in [0.05, 0.1) is 13.2 Å². The van der Waals surface area contributed by atoms with Gasteiger partial charge in [0.2, 0.25) is 0 Å². The number of aryl methyl sites for hydroxylation is 1. The Morgan fingerprint density at radius 1 is 1.40 bits per heavy atom. The molecule has 0 amide bonds. The number of nitrogens with zero attached hydrogens (tertiary/aromatic N) is 1. The Balaban J connectivity index is 2.22. The van der Waals surface area contributed by atoms with Crippen LogP contribution in [0, 0.1) is 0 Å². The molecular weight excluding hydrogens is 254 g/mol. The molecule has 1 fully saturated rings. The largest absolute Gasteiger partial charge is 0.480 e. The maximum absolute atomic E-state index is 11.4. The van der Waals surface area contributed by atoms with Crippen LogP contribution in [0.5, 0.6) is 0 Å². The number of hydrogen-bond donors (Lipinski definition) is 1. The fourth-order valence-corrected chi connectivity index (χ4v) is 2.84. The first-order chi connectivity index (χ1) is 9.67. The minimum Gasteiger partial charge on any atom is -0.480 e. The first kappa shape index (κ1) is 15.0. The van der Waals surface area contributed by atoms with Gasteiger partial charge in [0.15, 0.2) is 0 Å². The number of aliphatic carboxylic acids is 1. The van der Waals surface area contributed by atoms with Gasteiger partial charge in [-0.2, -0.15) is 0 Å². The lowest BCUT2D eigenvalue weighted by molar-refractivity contribution is -0.151. The fourth-order valence-electron chi connectivity index (χ4n) is 2.84. The molecule has 0 spiro atoms. The van der Waals surface area contributed by atoms with Crippen LogP contribution in [0.15, 0.2) is 24.3 Å². The van der Waals surface area contributed by atoms with E-state index in [1.165, 1.54) is 11.1 Å². The molecule has 1 aromatic carbocycles. The number of carboxylic acids is 1. The summed E-state index contributed by atoms with van der Waals surface area (Å²) in [4.78, 5) is 13.5. The minimum absolute atomic E-state index is 0.144. The van der Waals surface area contributed by atoms with Crippen molar-refractivity contribution in [3.63, 3.8) is 0 Å². The van der Waals surface area contributed by atoms with Gasteiger partial charge in [0.1, 0.15) is 6.04 Å². The number of rotatable bonds is 5. The van der Waals surface area contributed by atoms with Gasteiger partial charge in [-0.05, 0) is 24.0 Å². The molecule has 0 aromatic heterocycles. The number of carbonyl (C=O) groups is 1. The number of hydrogen-bond acceptors (Lipinski definition) is 3. The number of benzene rings is 1. The molecule has 0 bridgehead atoms. The highest BCUT2D eigenvalue weighted by molar-refractivity contribution is 5.73. The molecule has 4 heteroatoms. The summed E-state index contributed by atoms with van der Waals surface area (Å²) in [6.45, 7) is 5.79. The highest BCUT2D eigenvalue weighted by Gasteiger charge is 2.34. The van der Waals surface area contributed by atoms with Gasteiger partial charge in [0.25, 0.3) is 0 Å². The van der Waals surface area contributed by atoms with Crippen molar-refractivity contribution >= 4 is 5.97 Å². The third kappa shape index (κ3) is 3.19. The fraction of sp³-hybridized carbons (Fsp3) is 0.562. The highest BCUT2D eigenvalue weighted by atomic mass is 16.5. The Hall–Kier alpha value is -1.39. The van der Waals surface area contributed by atoms with Crippen LogP contribution in [0.2, 0.25) is 0 Å².